The van der Waals surface area contributed by atoms with Gasteiger partial charge in [0, 0.05) is 25.4 Å². The van der Waals surface area contributed by atoms with Crippen molar-refractivity contribution in [3.8, 4) is 0 Å². The fourth-order valence-electron chi connectivity index (χ4n) is 2.64. The second kappa shape index (κ2) is 4.88. The van der Waals surface area contributed by atoms with Crippen molar-refractivity contribution in [3.05, 3.63) is 29.3 Å². The van der Waals surface area contributed by atoms with Crippen LogP contribution in [0.5, 0.6) is 0 Å². The number of hydrogen-bond donors (Lipinski definition) is 1. The van der Waals surface area contributed by atoms with Crippen LogP contribution >= 0.6 is 0 Å². The van der Waals surface area contributed by atoms with E-state index in [1.807, 2.05) is 0 Å². The first kappa shape index (κ1) is 11.5. The average molecular weight is 219 g/mol. The largest absolute Gasteiger partial charge is 0.396 e. The topological polar surface area (TPSA) is 23.5 Å². The Balaban J connectivity index is 2.14. The highest BCUT2D eigenvalue weighted by molar-refractivity contribution is 5.59. The highest BCUT2D eigenvalue weighted by atomic mass is 16.3. The van der Waals surface area contributed by atoms with Crippen LogP contribution < -0.4 is 4.90 Å². The SMILES string of the molecule is Cc1cccc(C)c1N1CCC(CO)CC1. The van der Waals surface area contributed by atoms with Gasteiger partial charge in [0.15, 0.2) is 0 Å². The summed E-state index contributed by atoms with van der Waals surface area (Å²) in [5, 5.41) is 9.14. The number of piperidine rings is 1. The Hall–Kier alpha value is -1.02. The summed E-state index contributed by atoms with van der Waals surface area (Å²) < 4.78 is 0. The van der Waals surface area contributed by atoms with Crippen LogP contribution in [0.2, 0.25) is 0 Å². The number of rotatable bonds is 2. The maximum Gasteiger partial charge on any atom is 0.0460 e. The predicted molar refractivity (Wildman–Crippen MR) is 67.9 cm³/mol. The smallest absolute Gasteiger partial charge is 0.0460 e. The van der Waals surface area contributed by atoms with E-state index >= 15 is 0 Å². The lowest BCUT2D eigenvalue weighted by Gasteiger charge is -2.34. The van der Waals surface area contributed by atoms with Crippen molar-refractivity contribution in [3.63, 3.8) is 0 Å². The molecular formula is C14H21NO. The van der Waals surface area contributed by atoms with Crippen LogP contribution in [0.25, 0.3) is 0 Å². The molecule has 1 aromatic carbocycles. The van der Waals surface area contributed by atoms with Crippen LogP contribution in [-0.2, 0) is 0 Å². The van der Waals surface area contributed by atoms with Crippen molar-refractivity contribution in [2.45, 2.75) is 26.7 Å². The third-order valence-corrected chi connectivity index (χ3v) is 3.63. The Morgan fingerprint density at radius 2 is 1.75 bits per heavy atom. The first-order valence-corrected chi connectivity index (χ1v) is 6.14. The van der Waals surface area contributed by atoms with Crippen LogP contribution in [0.3, 0.4) is 0 Å². The zero-order valence-corrected chi connectivity index (χ0v) is 10.2. The summed E-state index contributed by atoms with van der Waals surface area (Å²) in [6.45, 7) is 6.87. The van der Waals surface area contributed by atoms with E-state index in [4.69, 9.17) is 5.11 Å². The van der Waals surface area contributed by atoms with Crippen LogP contribution in [0.15, 0.2) is 18.2 Å². The molecule has 1 aromatic rings. The lowest BCUT2D eigenvalue weighted by Crippen LogP contribution is -2.35. The normalized spacial score (nSPS) is 17.8. The second-order valence-electron chi connectivity index (χ2n) is 4.85. The number of aryl methyl sites for hydroxylation is 2. The van der Waals surface area contributed by atoms with Crippen LogP contribution in [0.4, 0.5) is 5.69 Å². The number of aliphatic hydroxyl groups excluding tert-OH is 1. The first-order chi connectivity index (χ1) is 7.72. The molecule has 0 saturated carbocycles. The molecule has 1 fully saturated rings. The Morgan fingerprint density at radius 1 is 1.19 bits per heavy atom. The Kier molecular flexibility index (Phi) is 3.49. The van der Waals surface area contributed by atoms with E-state index in [1.165, 1.54) is 16.8 Å². The van der Waals surface area contributed by atoms with E-state index in [1.54, 1.807) is 0 Å². The van der Waals surface area contributed by atoms with Gasteiger partial charge in [-0.25, -0.2) is 0 Å². The van der Waals surface area contributed by atoms with Crippen molar-refractivity contribution in [1.29, 1.82) is 0 Å². The van der Waals surface area contributed by atoms with Crippen molar-refractivity contribution in [2.24, 2.45) is 5.92 Å². The van der Waals surface area contributed by atoms with Gasteiger partial charge in [0.05, 0.1) is 0 Å². The molecule has 2 heteroatoms. The summed E-state index contributed by atoms with van der Waals surface area (Å²) in [7, 11) is 0. The number of benzene rings is 1. The molecule has 1 N–H and O–H groups in total. The van der Waals surface area contributed by atoms with E-state index in [0.717, 1.165) is 25.9 Å². The van der Waals surface area contributed by atoms with E-state index in [2.05, 4.69) is 36.9 Å². The Labute approximate surface area is 97.9 Å². The molecule has 1 aliphatic heterocycles. The lowest BCUT2D eigenvalue weighted by molar-refractivity contribution is 0.203. The quantitative estimate of drug-likeness (QED) is 0.826. The summed E-state index contributed by atoms with van der Waals surface area (Å²) in [5.41, 5.74) is 4.13. The molecule has 2 rings (SSSR count). The molecule has 1 aliphatic rings. The minimum absolute atomic E-state index is 0.348. The molecule has 0 atom stereocenters. The maximum absolute atomic E-state index is 9.14. The fourth-order valence-corrected chi connectivity index (χ4v) is 2.64. The number of nitrogens with zero attached hydrogens (tertiary/aromatic N) is 1. The minimum atomic E-state index is 0.348. The highest BCUT2D eigenvalue weighted by Crippen LogP contribution is 2.28. The monoisotopic (exact) mass is 219 g/mol. The van der Waals surface area contributed by atoms with Crippen molar-refractivity contribution >= 4 is 5.69 Å². The van der Waals surface area contributed by atoms with Gasteiger partial charge in [-0.05, 0) is 43.7 Å². The molecule has 2 nitrogen and oxygen atoms in total. The number of hydrogen-bond acceptors (Lipinski definition) is 2. The van der Waals surface area contributed by atoms with Crippen molar-refractivity contribution in [1.82, 2.24) is 0 Å². The minimum Gasteiger partial charge on any atom is -0.396 e. The summed E-state index contributed by atoms with van der Waals surface area (Å²) in [4.78, 5) is 2.47. The summed E-state index contributed by atoms with van der Waals surface area (Å²) in [6, 6.07) is 6.48. The van der Waals surface area contributed by atoms with Gasteiger partial charge in [0.25, 0.3) is 0 Å². The molecule has 0 aromatic heterocycles. The molecule has 0 unspecified atom stereocenters. The van der Waals surface area contributed by atoms with Gasteiger partial charge in [-0.1, -0.05) is 18.2 Å². The summed E-state index contributed by atoms with van der Waals surface area (Å²) >= 11 is 0. The summed E-state index contributed by atoms with van der Waals surface area (Å²) in [5.74, 6) is 0.514. The van der Waals surface area contributed by atoms with Gasteiger partial charge in [-0.15, -0.1) is 0 Å². The molecule has 0 aliphatic carbocycles. The van der Waals surface area contributed by atoms with Crippen LogP contribution in [0, 0.1) is 19.8 Å². The zero-order chi connectivity index (χ0) is 11.5. The van der Waals surface area contributed by atoms with Gasteiger partial charge in [-0.2, -0.15) is 0 Å². The van der Waals surface area contributed by atoms with Crippen LogP contribution in [-0.4, -0.2) is 24.8 Å². The zero-order valence-electron chi connectivity index (χ0n) is 10.2. The molecule has 0 amide bonds. The maximum atomic E-state index is 9.14. The first-order valence-electron chi connectivity index (χ1n) is 6.14. The molecular weight excluding hydrogens is 198 g/mol. The molecule has 0 bridgehead atoms. The molecule has 0 radical (unpaired) electrons. The van der Waals surface area contributed by atoms with E-state index in [9.17, 15) is 0 Å². The fraction of sp³-hybridized carbons (Fsp3) is 0.571. The summed E-state index contributed by atoms with van der Waals surface area (Å²) in [6.07, 6.45) is 2.23. The van der Waals surface area contributed by atoms with E-state index in [-0.39, 0.29) is 0 Å². The van der Waals surface area contributed by atoms with Gasteiger partial charge >= 0.3 is 0 Å². The Bertz CT molecular complexity index is 334. The molecule has 16 heavy (non-hydrogen) atoms. The third-order valence-electron chi connectivity index (χ3n) is 3.63. The molecule has 0 spiro atoms. The van der Waals surface area contributed by atoms with Crippen LogP contribution in [0.1, 0.15) is 24.0 Å². The number of anilines is 1. The van der Waals surface area contributed by atoms with Gasteiger partial charge in [-0.3, -0.25) is 0 Å². The van der Waals surface area contributed by atoms with Gasteiger partial charge in [0.1, 0.15) is 0 Å². The third kappa shape index (κ3) is 2.22. The van der Waals surface area contributed by atoms with Crippen molar-refractivity contribution in [2.75, 3.05) is 24.6 Å². The standard InChI is InChI=1S/C14H21NO/c1-11-4-3-5-12(2)14(11)15-8-6-13(10-16)7-9-15/h3-5,13,16H,6-10H2,1-2H3. The van der Waals surface area contributed by atoms with Crippen molar-refractivity contribution < 1.29 is 5.11 Å². The number of aliphatic hydroxyl groups is 1. The van der Waals surface area contributed by atoms with Gasteiger partial charge < -0.3 is 10.0 Å². The van der Waals surface area contributed by atoms with E-state index < -0.39 is 0 Å². The number of para-hydroxylation sites is 1. The van der Waals surface area contributed by atoms with Gasteiger partial charge in [0.2, 0.25) is 0 Å². The molecule has 1 saturated heterocycles. The predicted octanol–water partition coefficient (Wildman–Crippen LogP) is 2.51. The molecule has 1 heterocycles. The molecule has 88 valence electrons. The average Bonchev–Trinajstić information content (AvgIpc) is 2.30. The Morgan fingerprint density at radius 3 is 2.25 bits per heavy atom. The highest BCUT2D eigenvalue weighted by Gasteiger charge is 2.20. The van der Waals surface area contributed by atoms with E-state index in [0.29, 0.717) is 12.5 Å². The second-order valence-corrected chi connectivity index (χ2v) is 4.85. The lowest BCUT2D eigenvalue weighted by atomic mass is 9.96.